The van der Waals surface area contributed by atoms with Crippen molar-refractivity contribution in [2.24, 2.45) is 0 Å². The van der Waals surface area contributed by atoms with Gasteiger partial charge in [-0.25, -0.2) is 8.42 Å². The molecule has 7 nitrogen and oxygen atoms in total. The molecule has 0 aliphatic carbocycles. The molecule has 0 aromatic heterocycles. The first-order valence-corrected chi connectivity index (χ1v) is 11.7. The van der Waals surface area contributed by atoms with Crippen LogP contribution in [0.5, 0.6) is 0 Å². The molecular formula is C20H30ClN3O4S. The number of halogens is 1. The number of sulfone groups is 1. The number of amides is 2. The predicted octanol–water partition coefficient (Wildman–Crippen LogP) is 1.21. The highest BCUT2D eigenvalue weighted by atomic mass is 35.5. The zero-order valence-electron chi connectivity index (χ0n) is 17.0. The molecule has 162 valence electrons. The molecule has 2 amide bonds. The number of piperazine rings is 1. The lowest BCUT2D eigenvalue weighted by molar-refractivity contribution is -0.141. The number of benzene rings is 1. The van der Waals surface area contributed by atoms with Crippen LogP contribution in [0.2, 0.25) is 0 Å². The Kier molecular flexibility index (Phi) is 8.08. The molecule has 2 aliphatic heterocycles. The van der Waals surface area contributed by atoms with Crippen LogP contribution < -0.4 is 0 Å². The molecule has 0 N–H and O–H groups in total. The highest BCUT2D eigenvalue weighted by molar-refractivity contribution is 7.90. The maximum Gasteiger partial charge on any atom is 0.227 e. The van der Waals surface area contributed by atoms with Crippen LogP contribution in [0.1, 0.15) is 25.3 Å². The molecule has 1 aromatic carbocycles. The van der Waals surface area contributed by atoms with Crippen molar-refractivity contribution in [3.05, 3.63) is 29.8 Å². The third kappa shape index (κ3) is 5.93. The predicted molar refractivity (Wildman–Crippen MR) is 114 cm³/mol. The maximum absolute atomic E-state index is 12.9. The van der Waals surface area contributed by atoms with Crippen molar-refractivity contribution in [1.29, 1.82) is 0 Å². The van der Waals surface area contributed by atoms with Crippen molar-refractivity contribution in [3.8, 4) is 0 Å². The molecule has 0 radical (unpaired) electrons. The average molecular weight is 444 g/mol. The summed E-state index contributed by atoms with van der Waals surface area (Å²) in [6, 6.07) is 6.64. The van der Waals surface area contributed by atoms with Gasteiger partial charge in [-0.2, -0.15) is 0 Å². The second-order valence-electron chi connectivity index (χ2n) is 7.77. The minimum Gasteiger partial charge on any atom is -0.339 e. The van der Waals surface area contributed by atoms with Crippen LogP contribution in [0.15, 0.2) is 29.2 Å². The Morgan fingerprint density at radius 3 is 2.34 bits per heavy atom. The standard InChI is InChI=1S/C20H29N3O4S.ClH/c1-16(24)23-12-11-22(15-18(23)14-21-9-5-6-10-21)20(25)13-17-7-3-4-8-19(17)28(2,26)27;/h3-4,7-8,18H,5-6,9-15H2,1-2H3;1H/t18-;/m1./s1. The highest BCUT2D eigenvalue weighted by Crippen LogP contribution is 2.19. The molecule has 1 aromatic rings. The summed E-state index contributed by atoms with van der Waals surface area (Å²) in [4.78, 5) is 31.2. The maximum atomic E-state index is 12.9. The van der Waals surface area contributed by atoms with Crippen LogP contribution in [0.3, 0.4) is 0 Å². The molecule has 2 saturated heterocycles. The lowest BCUT2D eigenvalue weighted by Gasteiger charge is -2.42. The molecule has 29 heavy (non-hydrogen) atoms. The van der Waals surface area contributed by atoms with Gasteiger partial charge in [-0.05, 0) is 37.6 Å². The molecule has 0 spiro atoms. The van der Waals surface area contributed by atoms with Gasteiger partial charge in [-0.15, -0.1) is 12.4 Å². The van der Waals surface area contributed by atoms with Crippen molar-refractivity contribution in [3.63, 3.8) is 0 Å². The summed E-state index contributed by atoms with van der Waals surface area (Å²) < 4.78 is 24.0. The smallest absolute Gasteiger partial charge is 0.227 e. The third-order valence-corrected chi connectivity index (χ3v) is 6.82. The minimum absolute atomic E-state index is 0. The summed E-state index contributed by atoms with van der Waals surface area (Å²) in [6.07, 6.45) is 3.57. The minimum atomic E-state index is -3.39. The molecule has 9 heteroatoms. The van der Waals surface area contributed by atoms with E-state index in [1.807, 2.05) is 4.90 Å². The molecule has 2 aliphatic rings. The zero-order valence-corrected chi connectivity index (χ0v) is 18.7. The Labute approximate surface area is 179 Å². The van der Waals surface area contributed by atoms with Gasteiger partial charge in [0.15, 0.2) is 9.84 Å². The first kappa shape index (κ1) is 23.6. The Hall–Kier alpha value is -1.64. The number of nitrogens with zero attached hydrogens (tertiary/aromatic N) is 3. The molecule has 2 heterocycles. The first-order valence-electron chi connectivity index (χ1n) is 9.81. The van der Waals surface area contributed by atoms with Crippen LogP contribution in [0.4, 0.5) is 0 Å². The summed E-state index contributed by atoms with van der Waals surface area (Å²) >= 11 is 0. The Balaban J connectivity index is 0.00000300. The number of likely N-dealkylation sites (tertiary alicyclic amines) is 1. The molecular weight excluding hydrogens is 414 g/mol. The summed E-state index contributed by atoms with van der Waals surface area (Å²) in [7, 11) is -3.39. The summed E-state index contributed by atoms with van der Waals surface area (Å²) in [5.74, 6) is -0.0514. The van der Waals surface area contributed by atoms with E-state index >= 15 is 0 Å². The number of hydrogen-bond acceptors (Lipinski definition) is 5. The fraction of sp³-hybridized carbons (Fsp3) is 0.600. The van der Waals surface area contributed by atoms with Gasteiger partial charge < -0.3 is 14.7 Å². The van der Waals surface area contributed by atoms with Crippen molar-refractivity contribution in [1.82, 2.24) is 14.7 Å². The number of hydrogen-bond donors (Lipinski definition) is 0. The largest absolute Gasteiger partial charge is 0.339 e. The quantitative estimate of drug-likeness (QED) is 0.683. The lowest BCUT2D eigenvalue weighted by atomic mass is 10.1. The first-order chi connectivity index (χ1) is 13.3. The van der Waals surface area contributed by atoms with Crippen molar-refractivity contribution >= 4 is 34.1 Å². The molecule has 0 saturated carbocycles. The third-order valence-electron chi connectivity index (χ3n) is 5.62. The zero-order chi connectivity index (χ0) is 20.3. The van der Waals surface area contributed by atoms with Gasteiger partial charge in [0.05, 0.1) is 17.4 Å². The van der Waals surface area contributed by atoms with Gasteiger partial charge in [0.25, 0.3) is 0 Å². The SMILES string of the molecule is CC(=O)N1CCN(C(=O)Cc2ccccc2S(C)(=O)=O)C[C@H]1CN1CCCC1.Cl. The van der Waals surface area contributed by atoms with E-state index in [4.69, 9.17) is 0 Å². The molecule has 0 bridgehead atoms. The van der Waals surface area contributed by atoms with E-state index in [9.17, 15) is 18.0 Å². The van der Waals surface area contributed by atoms with Crippen LogP contribution in [-0.2, 0) is 25.8 Å². The van der Waals surface area contributed by atoms with Crippen molar-refractivity contribution < 1.29 is 18.0 Å². The van der Waals surface area contributed by atoms with Gasteiger partial charge in [-0.3, -0.25) is 9.59 Å². The van der Waals surface area contributed by atoms with Crippen molar-refractivity contribution in [2.45, 2.75) is 37.1 Å². The Bertz CT molecular complexity index is 840. The normalized spacial score (nSPS) is 20.4. The van der Waals surface area contributed by atoms with Crippen LogP contribution in [0, 0.1) is 0 Å². The lowest BCUT2D eigenvalue weighted by Crippen LogP contribution is -2.59. The summed E-state index contributed by atoms with van der Waals surface area (Å²) in [5, 5.41) is 0. The van der Waals surface area contributed by atoms with Crippen LogP contribution in [-0.4, -0.2) is 86.5 Å². The molecule has 3 rings (SSSR count). The number of rotatable bonds is 5. The molecule has 0 unspecified atom stereocenters. The van der Waals surface area contributed by atoms with Gasteiger partial charge in [0.1, 0.15) is 0 Å². The second kappa shape index (κ2) is 9.91. The van der Waals surface area contributed by atoms with E-state index in [2.05, 4.69) is 4.90 Å². The summed E-state index contributed by atoms with van der Waals surface area (Å²) in [5.41, 5.74) is 0.528. The monoisotopic (exact) mass is 443 g/mol. The van der Waals surface area contributed by atoms with E-state index in [1.54, 1.807) is 36.1 Å². The fourth-order valence-corrected chi connectivity index (χ4v) is 5.14. The molecule has 2 fully saturated rings. The van der Waals surface area contributed by atoms with Crippen molar-refractivity contribution in [2.75, 3.05) is 45.5 Å². The average Bonchev–Trinajstić information content (AvgIpc) is 3.14. The van der Waals surface area contributed by atoms with Crippen LogP contribution in [0.25, 0.3) is 0 Å². The van der Waals surface area contributed by atoms with E-state index < -0.39 is 9.84 Å². The van der Waals surface area contributed by atoms with Crippen LogP contribution >= 0.6 is 12.4 Å². The van der Waals surface area contributed by atoms with Gasteiger partial charge >= 0.3 is 0 Å². The van der Waals surface area contributed by atoms with Gasteiger partial charge in [-0.1, -0.05) is 18.2 Å². The van der Waals surface area contributed by atoms with E-state index in [1.165, 1.54) is 12.8 Å². The molecule has 1 atom stereocenters. The Morgan fingerprint density at radius 2 is 1.72 bits per heavy atom. The highest BCUT2D eigenvalue weighted by Gasteiger charge is 2.33. The topological polar surface area (TPSA) is 78.0 Å². The van der Waals surface area contributed by atoms with E-state index in [0.717, 1.165) is 25.9 Å². The van der Waals surface area contributed by atoms with E-state index in [0.29, 0.717) is 25.2 Å². The number of carbonyl (C=O) groups is 2. The fourth-order valence-electron chi connectivity index (χ4n) is 4.20. The second-order valence-corrected chi connectivity index (χ2v) is 9.75. The Morgan fingerprint density at radius 1 is 1.07 bits per heavy atom. The number of carbonyl (C=O) groups excluding carboxylic acids is 2. The van der Waals surface area contributed by atoms with Gasteiger partial charge in [0, 0.05) is 39.4 Å². The van der Waals surface area contributed by atoms with E-state index in [-0.39, 0.29) is 41.6 Å². The summed E-state index contributed by atoms with van der Waals surface area (Å²) in [6.45, 7) is 5.94. The van der Waals surface area contributed by atoms with Gasteiger partial charge in [0.2, 0.25) is 11.8 Å².